The summed E-state index contributed by atoms with van der Waals surface area (Å²) in [6.07, 6.45) is 24.5. The highest BCUT2D eigenvalue weighted by Crippen LogP contribution is 2.10. The fourth-order valence-electron chi connectivity index (χ4n) is 2.80. The second-order valence-corrected chi connectivity index (χ2v) is 6.71. The van der Waals surface area contributed by atoms with Gasteiger partial charge in [-0.25, -0.2) is 0 Å². The average molecular weight is 310 g/mol. The van der Waals surface area contributed by atoms with Crippen LogP contribution in [-0.2, 0) is 4.74 Å². The molecule has 0 aromatic rings. The normalized spacial score (nSPS) is 17.4. The Hall–Kier alpha value is -0.340. The van der Waals surface area contributed by atoms with Gasteiger partial charge in [0.05, 0.1) is 6.61 Å². The third-order valence-corrected chi connectivity index (χ3v) is 4.39. The molecule has 0 spiro atoms. The molecular formula is C20H39NO. The molecular weight excluding hydrogens is 270 g/mol. The van der Waals surface area contributed by atoms with E-state index in [1.165, 1.54) is 89.9 Å². The van der Waals surface area contributed by atoms with Crippen LogP contribution in [0.25, 0.3) is 0 Å². The predicted octanol–water partition coefficient (Wildman–Crippen LogP) is 5.97. The number of epoxide rings is 1. The maximum Gasteiger partial charge on any atom is 0.132 e. The first-order valence-electron chi connectivity index (χ1n) is 9.93. The van der Waals surface area contributed by atoms with Crippen molar-refractivity contribution < 1.29 is 4.74 Å². The Bertz CT molecular complexity index is 248. The van der Waals surface area contributed by atoms with Crippen molar-refractivity contribution in [2.75, 3.05) is 13.2 Å². The molecule has 2 nitrogen and oxygen atoms in total. The molecule has 0 saturated carbocycles. The van der Waals surface area contributed by atoms with Gasteiger partial charge in [0.15, 0.2) is 0 Å². The maximum atomic E-state index is 5.12. The van der Waals surface area contributed by atoms with Crippen LogP contribution in [0.3, 0.4) is 0 Å². The van der Waals surface area contributed by atoms with Crippen molar-refractivity contribution in [3.63, 3.8) is 0 Å². The first-order valence-corrected chi connectivity index (χ1v) is 9.93. The van der Waals surface area contributed by atoms with Crippen LogP contribution in [-0.4, -0.2) is 19.4 Å². The molecule has 1 N–H and O–H groups in total. The summed E-state index contributed by atoms with van der Waals surface area (Å²) in [7, 11) is 0. The van der Waals surface area contributed by atoms with Gasteiger partial charge >= 0.3 is 0 Å². The molecule has 1 aliphatic heterocycles. The molecule has 0 aromatic carbocycles. The lowest BCUT2D eigenvalue weighted by atomic mass is 10.1. The molecule has 1 aliphatic rings. The summed E-state index contributed by atoms with van der Waals surface area (Å²) in [5.41, 5.74) is 0. The molecule has 2 heteroatoms. The SMILES string of the molecule is CCCCCCCC/C=C\CCCCCCCCNC1CO1. The maximum absolute atomic E-state index is 5.12. The van der Waals surface area contributed by atoms with E-state index in [0.29, 0.717) is 6.23 Å². The lowest BCUT2D eigenvalue weighted by Gasteiger charge is -2.01. The van der Waals surface area contributed by atoms with Gasteiger partial charge in [-0.2, -0.15) is 0 Å². The number of unbranched alkanes of at least 4 members (excludes halogenated alkanes) is 12. The highest BCUT2D eigenvalue weighted by atomic mass is 16.6. The Balaban J connectivity index is 1.65. The number of allylic oxidation sites excluding steroid dienone is 2. The fraction of sp³-hybridized carbons (Fsp3) is 0.900. The number of nitrogens with one attached hydrogen (secondary N) is 1. The molecule has 1 unspecified atom stereocenters. The quantitative estimate of drug-likeness (QED) is 0.203. The van der Waals surface area contributed by atoms with Crippen molar-refractivity contribution >= 4 is 0 Å². The van der Waals surface area contributed by atoms with E-state index in [2.05, 4.69) is 24.4 Å². The van der Waals surface area contributed by atoms with Crippen LogP contribution in [0.5, 0.6) is 0 Å². The standard InChI is InChI=1S/C20H39NO/c1-2-3-4-5-6-7-8-9-10-11-12-13-14-15-16-17-18-21-20-19-22-20/h9-10,20-21H,2-8,11-19H2,1H3/b10-9-. The van der Waals surface area contributed by atoms with E-state index in [0.717, 1.165) is 13.2 Å². The first-order chi connectivity index (χ1) is 10.9. The minimum absolute atomic E-state index is 0.392. The van der Waals surface area contributed by atoms with Crippen molar-refractivity contribution in [3.05, 3.63) is 12.2 Å². The molecule has 0 radical (unpaired) electrons. The van der Waals surface area contributed by atoms with Crippen molar-refractivity contribution in [2.24, 2.45) is 0 Å². The summed E-state index contributed by atoms with van der Waals surface area (Å²) >= 11 is 0. The lowest BCUT2D eigenvalue weighted by molar-refractivity contribution is 0.366. The largest absolute Gasteiger partial charge is 0.357 e. The second-order valence-electron chi connectivity index (χ2n) is 6.71. The lowest BCUT2D eigenvalue weighted by Crippen LogP contribution is -2.18. The minimum atomic E-state index is 0.392. The summed E-state index contributed by atoms with van der Waals surface area (Å²) < 4.78 is 5.12. The van der Waals surface area contributed by atoms with E-state index in [1.54, 1.807) is 0 Å². The molecule has 1 saturated heterocycles. The summed E-state index contributed by atoms with van der Waals surface area (Å²) in [4.78, 5) is 0. The zero-order valence-corrected chi connectivity index (χ0v) is 15.0. The predicted molar refractivity (Wildman–Crippen MR) is 97.2 cm³/mol. The molecule has 1 heterocycles. The molecule has 0 bridgehead atoms. The number of ether oxygens (including phenoxy) is 1. The molecule has 0 aromatic heterocycles. The van der Waals surface area contributed by atoms with Crippen LogP contribution in [0.15, 0.2) is 12.2 Å². The van der Waals surface area contributed by atoms with Crippen molar-refractivity contribution in [1.82, 2.24) is 5.32 Å². The minimum Gasteiger partial charge on any atom is -0.357 e. The Morgan fingerprint density at radius 2 is 1.27 bits per heavy atom. The molecule has 130 valence electrons. The smallest absolute Gasteiger partial charge is 0.132 e. The van der Waals surface area contributed by atoms with Crippen LogP contribution in [0, 0.1) is 0 Å². The summed E-state index contributed by atoms with van der Waals surface area (Å²) in [5.74, 6) is 0. The average Bonchev–Trinajstić information content (AvgIpc) is 3.34. The van der Waals surface area contributed by atoms with E-state index in [4.69, 9.17) is 4.74 Å². The molecule has 1 rings (SSSR count). The van der Waals surface area contributed by atoms with Crippen molar-refractivity contribution in [3.8, 4) is 0 Å². The van der Waals surface area contributed by atoms with E-state index in [-0.39, 0.29) is 0 Å². The number of hydrogen-bond acceptors (Lipinski definition) is 2. The fourth-order valence-corrected chi connectivity index (χ4v) is 2.80. The molecule has 0 amide bonds. The van der Waals surface area contributed by atoms with Gasteiger partial charge in [-0.15, -0.1) is 0 Å². The zero-order chi connectivity index (χ0) is 15.7. The highest BCUT2D eigenvalue weighted by molar-refractivity contribution is 4.81. The van der Waals surface area contributed by atoms with Gasteiger partial charge in [0.2, 0.25) is 0 Å². The molecule has 0 aliphatic carbocycles. The Labute approximate surface area is 139 Å². The van der Waals surface area contributed by atoms with Gasteiger partial charge in [-0.05, 0) is 38.6 Å². The van der Waals surface area contributed by atoms with Crippen LogP contribution in [0.2, 0.25) is 0 Å². The summed E-state index contributed by atoms with van der Waals surface area (Å²) in [5, 5.41) is 3.37. The van der Waals surface area contributed by atoms with Crippen LogP contribution in [0.1, 0.15) is 96.8 Å². The van der Waals surface area contributed by atoms with E-state index >= 15 is 0 Å². The van der Waals surface area contributed by atoms with Crippen LogP contribution in [0.4, 0.5) is 0 Å². The van der Waals surface area contributed by atoms with E-state index in [9.17, 15) is 0 Å². The third kappa shape index (κ3) is 14.6. The van der Waals surface area contributed by atoms with E-state index < -0.39 is 0 Å². The Morgan fingerprint density at radius 1 is 0.773 bits per heavy atom. The monoisotopic (exact) mass is 309 g/mol. The molecule has 1 fully saturated rings. The van der Waals surface area contributed by atoms with Gasteiger partial charge in [0.1, 0.15) is 6.23 Å². The van der Waals surface area contributed by atoms with Gasteiger partial charge in [-0.3, -0.25) is 5.32 Å². The number of rotatable bonds is 17. The first kappa shape index (κ1) is 19.7. The molecule has 22 heavy (non-hydrogen) atoms. The molecule has 1 atom stereocenters. The van der Waals surface area contributed by atoms with E-state index in [1.807, 2.05) is 0 Å². The number of hydrogen-bond donors (Lipinski definition) is 1. The van der Waals surface area contributed by atoms with Crippen molar-refractivity contribution in [2.45, 2.75) is 103 Å². The van der Waals surface area contributed by atoms with Crippen LogP contribution < -0.4 is 5.32 Å². The highest BCUT2D eigenvalue weighted by Gasteiger charge is 2.20. The Kier molecular flexibility index (Phi) is 13.9. The van der Waals surface area contributed by atoms with Gasteiger partial charge in [0.25, 0.3) is 0 Å². The summed E-state index contributed by atoms with van der Waals surface area (Å²) in [6.45, 7) is 4.34. The topological polar surface area (TPSA) is 24.6 Å². The summed E-state index contributed by atoms with van der Waals surface area (Å²) in [6, 6.07) is 0. The van der Waals surface area contributed by atoms with Crippen molar-refractivity contribution in [1.29, 1.82) is 0 Å². The zero-order valence-electron chi connectivity index (χ0n) is 15.0. The van der Waals surface area contributed by atoms with Gasteiger partial charge in [0, 0.05) is 0 Å². The van der Waals surface area contributed by atoms with Crippen LogP contribution >= 0.6 is 0 Å². The third-order valence-electron chi connectivity index (χ3n) is 4.39. The van der Waals surface area contributed by atoms with Gasteiger partial charge in [-0.1, -0.05) is 76.9 Å². The Morgan fingerprint density at radius 3 is 1.82 bits per heavy atom. The van der Waals surface area contributed by atoms with Gasteiger partial charge < -0.3 is 4.74 Å². The second kappa shape index (κ2) is 15.6.